The lowest BCUT2D eigenvalue weighted by Crippen LogP contribution is -2.19. The van der Waals surface area contributed by atoms with Crippen molar-refractivity contribution in [2.75, 3.05) is 18.6 Å². The SMILES string of the molecule is Cc1ccc(C#N)c(N(C)Cc2ccc3c(c2)CCO3)n1. The summed E-state index contributed by atoms with van der Waals surface area (Å²) in [6.07, 6.45) is 0.971. The highest BCUT2D eigenvalue weighted by Crippen LogP contribution is 2.27. The first kappa shape index (κ1) is 13.4. The van der Waals surface area contributed by atoms with Crippen LogP contribution in [0, 0.1) is 18.3 Å². The number of hydrogen-bond acceptors (Lipinski definition) is 4. The molecule has 1 aliphatic heterocycles. The molecule has 0 fully saturated rings. The average Bonchev–Trinajstić information content (AvgIpc) is 2.94. The fourth-order valence-electron chi connectivity index (χ4n) is 2.61. The van der Waals surface area contributed by atoms with Gasteiger partial charge < -0.3 is 9.64 Å². The first-order valence-electron chi connectivity index (χ1n) is 7.01. The predicted octanol–water partition coefficient (Wildman–Crippen LogP) is 2.83. The van der Waals surface area contributed by atoms with Crippen molar-refractivity contribution in [1.29, 1.82) is 5.26 Å². The number of aromatic nitrogens is 1. The fraction of sp³-hybridized carbons (Fsp3) is 0.294. The summed E-state index contributed by atoms with van der Waals surface area (Å²) in [6, 6.07) is 12.2. The van der Waals surface area contributed by atoms with Gasteiger partial charge in [-0.2, -0.15) is 5.26 Å². The number of benzene rings is 1. The second kappa shape index (κ2) is 5.45. The molecular weight excluding hydrogens is 262 g/mol. The molecule has 2 aromatic rings. The van der Waals surface area contributed by atoms with Crippen molar-refractivity contribution < 1.29 is 4.74 Å². The molecule has 0 atom stereocenters. The maximum Gasteiger partial charge on any atom is 0.146 e. The standard InChI is InChI=1S/C17H17N3O/c1-12-3-5-15(10-18)17(19-12)20(2)11-13-4-6-16-14(9-13)7-8-21-16/h3-6,9H,7-8,11H2,1-2H3. The van der Waals surface area contributed by atoms with Gasteiger partial charge in [-0.05, 0) is 36.2 Å². The van der Waals surface area contributed by atoms with Gasteiger partial charge in [0.15, 0.2) is 0 Å². The number of pyridine rings is 1. The average molecular weight is 279 g/mol. The van der Waals surface area contributed by atoms with Crippen LogP contribution in [0.3, 0.4) is 0 Å². The second-order valence-electron chi connectivity index (χ2n) is 5.33. The lowest BCUT2D eigenvalue weighted by molar-refractivity contribution is 0.357. The Morgan fingerprint density at radius 1 is 1.33 bits per heavy atom. The van der Waals surface area contributed by atoms with Crippen molar-refractivity contribution in [2.45, 2.75) is 19.9 Å². The van der Waals surface area contributed by atoms with Crippen molar-refractivity contribution in [2.24, 2.45) is 0 Å². The number of rotatable bonds is 3. The quantitative estimate of drug-likeness (QED) is 0.867. The maximum atomic E-state index is 9.22. The van der Waals surface area contributed by atoms with Gasteiger partial charge in [-0.3, -0.25) is 0 Å². The van der Waals surface area contributed by atoms with Crippen molar-refractivity contribution in [1.82, 2.24) is 4.98 Å². The van der Waals surface area contributed by atoms with Crippen LogP contribution in [-0.4, -0.2) is 18.6 Å². The van der Waals surface area contributed by atoms with Crippen molar-refractivity contribution in [3.8, 4) is 11.8 Å². The summed E-state index contributed by atoms with van der Waals surface area (Å²) in [5.41, 5.74) is 3.98. The topological polar surface area (TPSA) is 49.2 Å². The van der Waals surface area contributed by atoms with E-state index in [1.54, 1.807) is 0 Å². The normalized spacial score (nSPS) is 12.4. The third-order valence-corrected chi connectivity index (χ3v) is 3.67. The molecule has 4 heteroatoms. The number of nitriles is 1. The molecule has 106 valence electrons. The number of aryl methyl sites for hydroxylation is 1. The Labute approximate surface area is 124 Å². The third kappa shape index (κ3) is 2.68. The van der Waals surface area contributed by atoms with Gasteiger partial charge in [0.1, 0.15) is 17.6 Å². The van der Waals surface area contributed by atoms with Crippen LogP contribution in [-0.2, 0) is 13.0 Å². The summed E-state index contributed by atoms with van der Waals surface area (Å²) < 4.78 is 5.53. The molecule has 1 aromatic heterocycles. The minimum absolute atomic E-state index is 0.604. The molecule has 0 amide bonds. The van der Waals surface area contributed by atoms with Gasteiger partial charge in [-0.25, -0.2) is 4.98 Å². The second-order valence-corrected chi connectivity index (χ2v) is 5.33. The molecule has 0 unspecified atom stereocenters. The zero-order valence-electron chi connectivity index (χ0n) is 12.3. The number of hydrogen-bond donors (Lipinski definition) is 0. The minimum Gasteiger partial charge on any atom is -0.493 e. The number of fused-ring (bicyclic) bond motifs is 1. The van der Waals surface area contributed by atoms with E-state index in [0.29, 0.717) is 5.56 Å². The molecule has 0 saturated carbocycles. The molecule has 0 saturated heterocycles. The first-order valence-corrected chi connectivity index (χ1v) is 7.01. The molecule has 3 rings (SSSR count). The first-order chi connectivity index (χ1) is 10.2. The van der Waals surface area contributed by atoms with Crippen LogP contribution >= 0.6 is 0 Å². The van der Waals surface area contributed by atoms with Crippen LogP contribution in [0.4, 0.5) is 5.82 Å². The molecular formula is C17H17N3O. The van der Waals surface area contributed by atoms with Gasteiger partial charge in [0.25, 0.3) is 0 Å². The zero-order chi connectivity index (χ0) is 14.8. The Morgan fingerprint density at radius 2 is 2.19 bits per heavy atom. The largest absolute Gasteiger partial charge is 0.493 e. The lowest BCUT2D eigenvalue weighted by atomic mass is 10.1. The summed E-state index contributed by atoms with van der Waals surface area (Å²) in [5, 5.41) is 9.22. The molecule has 0 radical (unpaired) electrons. The summed E-state index contributed by atoms with van der Waals surface area (Å²) >= 11 is 0. The van der Waals surface area contributed by atoms with Gasteiger partial charge in [0, 0.05) is 25.7 Å². The van der Waals surface area contributed by atoms with Gasteiger partial charge in [-0.1, -0.05) is 12.1 Å². The van der Waals surface area contributed by atoms with E-state index in [-0.39, 0.29) is 0 Å². The van der Waals surface area contributed by atoms with Gasteiger partial charge in [-0.15, -0.1) is 0 Å². The molecule has 1 aromatic carbocycles. The molecule has 0 bridgehead atoms. The smallest absolute Gasteiger partial charge is 0.146 e. The van der Waals surface area contributed by atoms with Crippen molar-refractivity contribution in [3.63, 3.8) is 0 Å². The summed E-state index contributed by atoms with van der Waals surface area (Å²) in [6.45, 7) is 3.43. The van der Waals surface area contributed by atoms with E-state index in [2.05, 4.69) is 23.2 Å². The van der Waals surface area contributed by atoms with Crippen LogP contribution in [0.1, 0.15) is 22.4 Å². The van der Waals surface area contributed by atoms with Gasteiger partial charge >= 0.3 is 0 Å². The van der Waals surface area contributed by atoms with Gasteiger partial charge in [0.2, 0.25) is 0 Å². The third-order valence-electron chi connectivity index (χ3n) is 3.67. The Kier molecular flexibility index (Phi) is 3.49. The molecule has 21 heavy (non-hydrogen) atoms. The van der Waals surface area contributed by atoms with Crippen molar-refractivity contribution in [3.05, 3.63) is 52.7 Å². The van der Waals surface area contributed by atoms with E-state index in [0.717, 1.165) is 36.8 Å². The van der Waals surface area contributed by atoms with E-state index in [9.17, 15) is 5.26 Å². The zero-order valence-corrected chi connectivity index (χ0v) is 12.3. The van der Waals surface area contributed by atoms with Crippen LogP contribution in [0.15, 0.2) is 30.3 Å². The van der Waals surface area contributed by atoms with Crippen LogP contribution in [0.2, 0.25) is 0 Å². The Balaban J connectivity index is 1.85. The molecule has 4 nitrogen and oxygen atoms in total. The Bertz CT molecular complexity index is 718. The van der Waals surface area contributed by atoms with Crippen molar-refractivity contribution >= 4 is 5.82 Å². The number of nitrogens with zero attached hydrogens (tertiary/aromatic N) is 3. The Hall–Kier alpha value is -2.54. The number of ether oxygens (including phenoxy) is 1. The molecule has 2 heterocycles. The van der Waals surface area contributed by atoms with Gasteiger partial charge in [0.05, 0.1) is 12.2 Å². The highest BCUT2D eigenvalue weighted by molar-refractivity contribution is 5.54. The predicted molar refractivity (Wildman–Crippen MR) is 81.4 cm³/mol. The molecule has 0 N–H and O–H groups in total. The molecule has 0 aliphatic carbocycles. The monoisotopic (exact) mass is 279 g/mol. The van der Waals surface area contributed by atoms with E-state index >= 15 is 0 Å². The van der Waals surface area contributed by atoms with Crippen LogP contribution in [0.5, 0.6) is 5.75 Å². The lowest BCUT2D eigenvalue weighted by Gasteiger charge is -2.20. The van der Waals surface area contributed by atoms with Crippen LogP contribution < -0.4 is 9.64 Å². The molecule has 0 spiro atoms. The maximum absolute atomic E-state index is 9.22. The number of anilines is 1. The van der Waals surface area contributed by atoms with E-state index in [4.69, 9.17) is 4.74 Å². The summed E-state index contributed by atoms with van der Waals surface area (Å²) in [5.74, 6) is 1.72. The summed E-state index contributed by atoms with van der Waals surface area (Å²) in [7, 11) is 1.96. The highest BCUT2D eigenvalue weighted by atomic mass is 16.5. The summed E-state index contributed by atoms with van der Waals surface area (Å²) in [4.78, 5) is 6.51. The highest BCUT2D eigenvalue weighted by Gasteiger charge is 2.14. The van der Waals surface area contributed by atoms with E-state index in [1.807, 2.05) is 37.1 Å². The Morgan fingerprint density at radius 3 is 3.00 bits per heavy atom. The molecule has 1 aliphatic rings. The fourth-order valence-corrected chi connectivity index (χ4v) is 2.61. The van der Waals surface area contributed by atoms with E-state index < -0.39 is 0 Å². The minimum atomic E-state index is 0.604. The van der Waals surface area contributed by atoms with Crippen LogP contribution in [0.25, 0.3) is 0 Å². The van der Waals surface area contributed by atoms with E-state index in [1.165, 1.54) is 11.1 Å².